The molecule has 2 unspecified atom stereocenters. The lowest BCUT2D eigenvalue weighted by molar-refractivity contribution is 0.0920. The molecule has 2 aromatic heterocycles. The van der Waals surface area contributed by atoms with Crippen molar-refractivity contribution in [2.24, 2.45) is 5.92 Å². The summed E-state index contributed by atoms with van der Waals surface area (Å²) in [5.41, 5.74) is 6.73. The van der Waals surface area contributed by atoms with E-state index in [4.69, 9.17) is 10.8 Å². The molecule has 0 bridgehead atoms. The normalized spacial score (nSPS) is 14.1. The summed E-state index contributed by atoms with van der Waals surface area (Å²) < 4.78 is 0. The van der Waals surface area contributed by atoms with Gasteiger partial charge in [0.2, 0.25) is 0 Å². The molecule has 114 valence electrons. The lowest BCUT2D eigenvalue weighted by Gasteiger charge is -2.18. The molecule has 7 heteroatoms. The first-order valence-electron chi connectivity index (χ1n) is 6.80. The summed E-state index contributed by atoms with van der Waals surface area (Å²) in [6.07, 6.45) is 0. The zero-order valence-electron chi connectivity index (χ0n) is 12.6. The third-order valence-corrected chi connectivity index (χ3v) is 4.82. The highest BCUT2D eigenvalue weighted by atomic mass is 32.1. The van der Waals surface area contributed by atoms with Crippen LogP contribution < -0.4 is 11.1 Å². The number of anilines is 1. The average Bonchev–Trinajstić information content (AvgIpc) is 2.74. The topological polar surface area (TPSA) is 101 Å². The zero-order chi connectivity index (χ0) is 15.7. The predicted octanol–water partition coefficient (Wildman–Crippen LogP) is 1.64. The Balaban J connectivity index is 2.36. The van der Waals surface area contributed by atoms with Crippen LogP contribution >= 0.6 is 11.3 Å². The summed E-state index contributed by atoms with van der Waals surface area (Å²) in [6, 6.07) is -0.114. The molecule has 0 spiro atoms. The number of aromatic nitrogens is 2. The number of hydrogen-bond acceptors (Lipinski definition) is 6. The van der Waals surface area contributed by atoms with E-state index in [9.17, 15) is 4.79 Å². The minimum absolute atomic E-state index is 0.00394. The van der Waals surface area contributed by atoms with Crippen molar-refractivity contribution >= 4 is 33.3 Å². The van der Waals surface area contributed by atoms with Gasteiger partial charge in [-0.2, -0.15) is 0 Å². The summed E-state index contributed by atoms with van der Waals surface area (Å²) in [5.74, 6) is 0.827. The van der Waals surface area contributed by atoms with Crippen molar-refractivity contribution in [1.29, 1.82) is 0 Å². The number of nitrogen functional groups attached to an aromatic ring is 1. The Kier molecular flexibility index (Phi) is 4.43. The summed E-state index contributed by atoms with van der Waals surface area (Å²) in [6.45, 7) is 7.41. The SMILES string of the molecule is Cc1nc(N)c2c(C)c(C(=O)NC(C)C(C)CO)sc2n1. The highest BCUT2D eigenvalue weighted by Crippen LogP contribution is 2.32. The monoisotopic (exact) mass is 308 g/mol. The summed E-state index contributed by atoms with van der Waals surface area (Å²) >= 11 is 1.32. The number of hydrogen-bond donors (Lipinski definition) is 3. The number of nitrogens with zero attached hydrogens (tertiary/aromatic N) is 2. The first-order chi connectivity index (χ1) is 9.85. The van der Waals surface area contributed by atoms with Gasteiger partial charge < -0.3 is 16.2 Å². The molecular formula is C14H20N4O2S. The fraction of sp³-hybridized carbons (Fsp3) is 0.500. The maximum Gasteiger partial charge on any atom is 0.261 e. The van der Waals surface area contributed by atoms with E-state index in [1.54, 1.807) is 6.92 Å². The lowest BCUT2D eigenvalue weighted by Crippen LogP contribution is -2.38. The fourth-order valence-corrected chi connectivity index (χ4v) is 3.21. The van der Waals surface area contributed by atoms with Crippen LogP contribution in [0, 0.1) is 19.8 Å². The van der Waals surface area contributed by atoms with Crippen molar-refractivity contribution in [2.75, 3.05) is 12.3 Å². The molecule has 0 aliphatic heterocycles. The van der Waals surface area contributed by atoms with Crippen molar-refractivity contribution in [2.45, 2.75) is 33.7 Å². The maximum absolute atomic E-state index is 12.4. The molecule has 0 saturated heterocycles. The van der Waals surface area contributed by atoms with Crippen molar-refractivity contribution in [3.63, 3.8) is 0 Å². The van der Waals surface area contributed by atoms with E-state index in [1.807, 2.05) is 20.8 Å². The summed E-state index contributed by atoms with van der Waals surface area (Å²) in [7, 11) is 0. The van der Waals surface area contributed by atoms with Gasteiger partial charge in [0.1, 0.15) is 16.5 Å². The van der Waals surface area contributed by atoms with Gasteiger partial charge >= 0.3 is 0 Å². The van der Waals surface area contributed by atoms with Gasteiger partial charge in [-0.05, 0) is 32.3 Å². The maximum atomic E-state index is 12.4. The van der Waals surface area contributed by atoms with Gasteiger partial charge in [0, 0.05) is 12.6 Å². The van der Waals surface area contributed by atoms with E-state index in [1.165, 1.54) is 11.3 Å². The molecule has 1 amide bonds. The van der Waals surface area contributed by atoms with Gasteiger partial charge in [0.25, 0.3) is 5.91 Å². The molecule has 0 aliphatic rings. The minimum Gasteiger partial charge on any atom is -0.396 e. The van der Waals surface area contributed by atoms with E-state index in [0.29, 0.717) is 16.5 Å². The first kappa shape index (κ1) is 15.7. The Bertz CT molecular complexity index is 683. The number of amides is 1. The van der Waals surface area contributed by atoms with Crippen LogP contribution in [0.2, 0.25) is 0 Å². The van der Waals surface area contributed by atoms with Crippen LogP contribution in [0.1, 0.15) is 34.9 Å². The van der Waals surface area contributed by atoms with E-state index in [2.05, 4.69) is 15.3 Å². The van der Waals surface area contributed by atoms with E-state index >= 15 is 0 Å². The predicted molar refractivity (Wildman–Crippen MR) is 84.5 cm³/mol. The largest absolute Gasteiger partial charge is 0.396 e. The fourth-order valence-electron chi connectivity index (χ4n) is 2.07. The third kappa shape index (κ3) is 2.98. The number of aliphatic hydroxyl groups excluding tert-OH is 1. The van der Waals surface area contributed by atoms with Crippen LogP contribution in [0.3, 0.4) is 0 Å². The molecule has 2 rings (SSSR count). The average molecular weight is 308 g/mol. The van der Waals surface area contributed by atoms with Gasteiger partial charge in [-0.1, -0.05) is 6.92 Å². The number of nitrogens with one attached hydrogen (secondary N) is 1. The van der Waals surface area contributed by atoms with Crippen LogP contribution in [-0.2, 0) is 0 Å². The Labute approximate surface area is 127 Å². The Morgan fingerprint density at radius 3 is 2.67 bits per heavy atom. The second-order valence-corrected chi connectivity index (χ2v) is 6.31. The number of rotatable bonds is 4. The van der Waals surface area contributed by atoms with Crippen LogP contribution in [0.4, 0.5) is 5.82 Å². The summed E-state index contributed by atoms with van der Waals surface area (Å²) in [5, 5.41) is 12.8. The zero-order valence-corrected chi connectivity index (χ0v) is 13.4. The van der Waals surface area contributed by atoms with Crippen LogP contribution in [-0.4, -0.2) is 33.6 Å². The smallest absolute Gasteiger partial charge is 0.261 e. The minimum atomic E-state index is -0.166. The number of nitrogens with two attached hydrogens (primary N) is 1. The van der Waals surface area contributed by atoms with E-state index < -0.39 is 0 Å². The molecule has 21 heavy (non-hydrogen) atoms. The molecule has 0 aromatic carbocycles. The van der Waals surface area contributed by atoms with E-state index in [0.717, 1.165) is 15.8 Å². The molecule has 2 atom stereocenters. The Morgan fingerprint density at radius 2 is 2.05 bits per heavy atom. The van der Waals surface area contributed by atoms with Gasteiger partial charge in [0.15, 0.2) is 0 Å². The highest BCUT2D eigenvalue weighted by Gasteiger charge is 2.21. The quantitative estimate of drug-likeness (QED) is 0.797. The van der Waals surface area contributed by atoms with Gasteiger partial charge in [0.05, 0.1) is 10.3 Å². The molecule has 6 nitrogen and oxygen atoms in total. The molecule has 2 aromatic rings. The number of aryl methyl sites for hydroxylation is 2. The second-order valence-electron chi connectivity index (χ2n) is 5.31. The number of aliphatic hydroxyl groups is 1. The molecule has 0 radical (unpaired) electrons. The Morgan fingerprint density at radius 1 is 1.38 bits per heavy atom. The Hall–Kier alpha value is -1.73. The second kappa shape index (κ2) is 5.95. The van der Waals surface area contributed by atoms with E-state index in [-0.39, 0.29) is 24.5 Å². The van der Waals surface area contributed by atoms with Gasteiger partial charge in [-0.25, -0.2) is 9.97 Å². The van der Waals surface area contributed by atoms with Crippen LogP contribution in [0.5, 0.6) is 0 Å². The van der Waals surface area contributed by atoms with Gasteiger partial charge in [-0.15, -0.1) is 11.3 Å². The first-order valence-corrected chi connectivity index (χ1v) is 7.61. The highest BCUT2D eigenvalue weighted by molar-refractivity contribution is 7.20. The third-order valence-electron chi connectivity index (χ3n) is 3.64. The molecule has 0 fully saturated rings. The lowest BCUT2D eigenvalue weighted by atomic mass is 10.1. The van der Waals surface area contributed by atoms with Crippen molar-refractivity contribution < 1.29 is 9.90 Å². The van der Waals surface area contributed by atoms with Crippen molar-refractivity contribution in [3.05, 3.63) is 16.3 Å². The molecule has 4 N–H and O–H groups in total. The standard InChI is InChI=1S/C14H20N4O2S/c1-6(5-19)8(3)16-13(20)11-7(2)10-12(15)17-9(4)18-14(10)21-11/h6,8,19H,5H2,1-4H3,(H,16,20)(H2,15,17,18). The van der Waals surface area contributed by atoms with Crippen LogP contribution in [0.25, 0.3) is 10.2 Å². The molecule has 0 aliphatic carbocycles. The van der Waals surface area contributed by atoms with Gasteiger partial charge in [-0.3, -0.25) is 4.79 Å². The molecule has 2 heterocycles. The van der Waals surface area contributed by atoms with Crippen molar-refractivity contribution in [3.8, 4) is 0 Å². The summed E-state index contributed by atoms with van der Waals surface area (Å²) in [4.78, 5) is 22.2. The van der Waals surface area contributed by atoms with Crippen LogP contribution in [0.15, 0.2) is 0 Å². The number of carbonyl (C=O) groups is 1. The number of fused-ring (bicyclic) bond motifs is 1. The van der Waals surface area contributed by atoms with Crippen molar-refractivity contribution in [1.82, 2.24) is 15.3 Å². The number of carbonyl (C=O) groups excluding carboxylic acids is 1. The number of thiophene rings is 1. The molecular weight excluding hydrogens is 288 g/mol. The molecule has 0 saturated carbocycles.